The number of benzene rings is 1. The van der Waals surface area contributed by atoms with Crippen molar-refractivity contribution in [1.29, 1.82) is 0 Å². The standard InChI is InChI=1S/C15H17F2NO3S/c1-2-21-14(20)6-5-13(19)18-7-8-22-15(18)11-4-3-10(16)9-12(11)17/h3-4,9,15H,2,5-8H2,1H3. The summed E-state index contributed by atoms with van der Waals surface area (Å²) < 4.78 is 31.7. The molecule has 1 saturated heterocycles. The largest absolute Gasteiger partial charge is 0.466 e. The van der Waals surface area contributed by atoms with Crippen molar-refractivity contribution < 1.29 is 23.1 Å². The molecule has 0 bridgehead atoms. The highest BCUT2D eigenvalue weighted by molar-refractivity contribution is 7.99. The van der Waals surface area contributed by atoms with Crippen LogP contribution in [0.3, 0.4) is 0 Å². The van der Waals surface area contributed by atoms with Crippen LogP contribution in [0.25, 0.3) is 0 Å². The molecule has 22 heavy (non-hydrogen) atoms. The van der Waals surface area contributed by atoms with Crippen molar-refractivity contribution >= 4 is 23.6 Å². The van der Waals surface area contributed by atoms with Crippen molar-refractivity contribution in [2.45, 2.75) is 25.1 Å². The summed E-state index contributed by atoms with van der Waals surface area (Å²) in [4.78, 5) is 25.1. The van der Waals surface area contributed by atoms with E-state index in [-0.39, 0.29) is 30.9 Å². The third kappa shape index (κ3) is 3.97. The average molecular weight is 329 g/mol. The molecule has 4 nitrogen and oxygen atoms in total. The molecule has 2 rings (SSSR count). The fourth-order valence-electron chi connectivity index (χ4n) is 2.27. The van der Waals surface area contributed by atoms with Crippen LogP contribution in [0.4, 0.5) is 8.78 Å². The van der Waals surface area contributed by atoms with Gasteiger partial charge in [-0.15, -0.1) is 11.8 Å². The molecule has 1 aliphatic rings. The molecule has 0 radical (unpaired) electrons. The molecule has 1 amide bonds. The van der Waals surface area contributed by atoms with Crippen molar-refractivity contribution in [3.63, 3.8) is 0 Å². The van der Waals surface area contributed by atoms with Gasteiger partial charge in [0.05, 0.1) is 13.0 Å². The van der Waals surface area contributed by atoms with E-state index < -0.39 is 23.0 Å². The molecule has 120 valence electrons. The Morgan fingerprint density at radius 1 is 1.36 bits per heavy atom. The molecule has 1 fully saturated rings. The molecule has 0 N–H and O–H groups in total. The van der Waals surface area contributed by atoms with E-state index in [2.05, 4.69) is 0 Å². The zero-order valence-corrected chi connectivity index (χ0v) is 13.0. The van der Waals surface area contributed by atoms with Crippen LogP contribution in [0, 0.1) is 11.6 Å². The molecule has 1 aliphatic heterocycles. The maximum absolute atomic E-state index is 13.9. The van der Waals surface area contributed by atoms with E-state index in [1.165, 1.54) is 28.8 Å². The first-order chi connectivity index (χ1) is 10.5. The van der Waals surface area contributed by atoms with Gasteiger partial charge in [-0.3, -0.25) is 9.59 Å². The third-order valence-electron chi connectivity index (χ3n) is 3.29. The highest BCUT2D eigenvalue weighted by Crippen LogP contribution is 2.39. The number of rotatable bonds is 5. The Kier molecular flexibility index (Phi) is 5.76. The van der Waals surface area contributed by atoms with Gasteiger partial charge in [0.2, 0.25) is 5.91 Å². The first kappa shape index (κ1) is 16.7. The summed E-state index contributed by atoms with van der Waals surface area (Å²) in [6.07, 6.45) is 0.0329. The van der Waals surface area contributed by atoms with Gasteiger partial charge in [-0.25, -0.2) is 8.78 Å². The molecule has 7 heteroatoms. The lowest BCUT2D eigenvalue weighted by molar-refractivity contribution is -0.145. The molecule has 1 unspecified atom stereocenters. The van der Waals surface area contributed by atoms with Gasteiger partial charge in [0.1, 0.15) is 17.0 Å². The molecule has 0 aromatic heterocycles. The number of thioether (sulfide) groups is 1. The first-order valence-electron chi connectivity index (χ1n) is 7.04. The summed E-state index contributed by atoms with van der Waals surface area (Å²) in [5.74, 6) is -1.29. The van der Waals surface area contributed by atoms with Crippen LogP contribution < -0.4 is 0 Å². The van der Waals surface area contributed by atoms with E-state index in [0.717, 1.165) is 6.07 Å². The van der Waals surface area contributed by atoms with Crippen molar-refractivity contribution in [3.8, 4) is 0 Å². The second kappa shape index (κ2) is 7.58. The summed E-state index contributed by atoms with van der Waals surface area (Å²) in [7, 11) is 0. The van der Waals surface area contributed by atoms with Crippen LogP contribution in [-0.4, -0.2) is 35.7 Å². The molecule has 1 aromatic rings. The molecule has 1 aromatic carbocycles. The Balaban J connectivity index is 2.03. The summed E-state index contributed by atoms with van der Waals surface area (Å²) >= 11 is 1.42. The Hall–Kier alpha value is -1.63. The minimum atomic E-state index is -0.664. The van der Waals surface area contributed by atoms with Crippen LogP contribution in [-0.2, 0) is 14.3 Å². The van der Waals surface area contributed by atoms with Gasteiger partial charge >= 0.3 is 5.97 Å². The second-order valence-electron chi connectivity index (χ2n) is 4.78. The zero-order chi connectivity index (χ0) is 16.1. The fraction of sp³-hybridized carbons (Fsp3) is 0.467. The van der Waals surface area contributed by atoms with E-state index in [9.17, 15) is 18.4 Å². The Labute approximate surface area is 131 Å². The van der Waals surface area contributed by atoms with Gasteiger partial charge < -0.3 is 9.64 Å². The predicted molar refractivity (Wildman–Crippen MR) is 79.1 cm³/mol. The topological polar surface area (TPSA) is 46.6 Å². The van der Waals surface area contributed by atoms with Crippen LogP contribution >= 0.6 is 11.8 Å². The fourth-order valence-corrected chi connectivity index (χ4v) is 3.57. The average Bonchev–Trinajstić information content (AvgIpc) is 2.94. The van der Waals surface area contributed by atoms with Gasteiger partial charge in [-0.2, -0.15) is 0 Å². The van der Waals surface area contributed by atoms with Gasteiger partial charge in [0.25, 0.3) is 0 Å². The SMILES string of the molecule is CCOC(=O)CCC(=O)N1CCSC1c1ccc(F)cc1F. The number of hydrogen-bond donors (Lipinski definition) is 0. The minimum absolute atomic E-state index is 0.00641. The number of amides is 1. The normalized spacial score (nSPS) is 17.6. The van der Waals surface area contributed by atoms with Crippen molar-refractivity contribution in [2.75, 3.05) is 18.9 Å². The van der Waals surface area contributed by atoms with Crippen LogP contribution in [0.2, 0.25) is 0 Å². The molecule has 0 spiro atoms. The number of nitrogens with zero attached hydrogens (tertiary/aromatic N) is 1. The minimum Gasteiger partial charge on any atom is -0.466 e. The summed E-state index contributed by atoms with van der Waals surface area (Å²) in [6.45, 7) is 2.45. The summed E-state index contributed by atoms with van der Waals surface area (Å²) in [5.41, 5.74) is 0.286. The maximum Gasteiger partial charge on any atom is 0.306 e. The van der Waals surface area contributed by atoms with Gasteiger partial charge in [0, 0.05) is 30.3 Å². The first-order valence-corrected chi connectivity index (χ1v) is 8.09. The van der Waals surface area contributed by atoms with E-state index in [1.54, 1.807) is 6.92 Å². The molecule has 1 heterocycles. The van der Waals surface area contributed by atoms with E-state index in [4.69, 9.17) is 4.74 Å². The maximum atomic E-state index is 13.9. The van der Waals surface area contributed by atoms with Gasteiger partial charge in [-0.1, -0.05) is 6.07 Å². The second-order valence-corrected chi connectivity index (χ2v) is 5.97. The van der Waals surface area contributed by atoms with Crippen molar-refractivity contribution in [3.05, 3.63) is 35.4 Å². The smallest absolute Gasteiger partial charge is 0.306 e. The monoisotopic (exact) mass is 329 g/mol. The predicted octanol–water partition coefficient (Wildman–Crippen LogP) is 2.88. The number of esters is 1. The van der Waals surface area contributed by atoms with E-state index in [1.807, 2.05) is 0 Å². The third-order valence-corrected chi connectivity index (χ3v) is 4.53. The Bertz CT molecular complexity index is 568. The van der Waals surface area contributed by atoms with Crippen molar-refractivity contribution in [2.24, 2.45) is 0 Å². The molecule has 1 atom stereocenters. The highest BCUT2D eigenvalue weighted by atomic mass is 32.2. The van der Waals surface area contributed by atoms with E-state index in [0.29, 0.717) is 12.3 Å². The van der Waals surface area contributed by atoms with Crippen LogP contribution in [0.5, 0.6) is 0 Å². The van der Waals surface area contributed by atoms with Crippen LogP contribution in [0.15, 0.2) is 18.2 Å². The Morgan fingerprint density at radius 3 is 2.82 bits per heavy atom. The Morgan fingerprint density at radius 2 is 2.14 bits per heavy atom. The highest BCUT2D eigenvalue weighted by Gasteiger charge is 2.32. The summed E-state index contributed by atoms with van der Waals surface area (Å²) in [5, 5.41) is -0.477. The molecular formula is C15H17F2NO3S. The molecule has 0 saturated carbocycles. The number of halogens is 2. The lowest BCUT2D eigenvalue weighted by atomic mass is 10.1. The van der Waals surface area contributed by atoms with E-state index >= 15 is 0 Å². The lowest BCUT2D eigenvalue weighted by Gasteiger charge is -2.24. The van der Waals surface area contributed by atoms with Crippen molar-refractivity contribution in [1.82, 2.24) is 4.90 Å². The summed E-state index contributed by atoms with van der Waals surface area (Å²) in [6, 6.07) is 3.35. The lowest BCUT2D eigenvalue weighted by Crippen LogP contribution is -2.31. The number of ether oxygens (including phenoxy) is 1. The molecule has 0 aliphatic carbocycles. The van der Waals surface area contributed by atoms with Gasteiger partial charge in [0.15, 0.2) is 0 Å². The zero-order valence-electron chi connectivity index (χ0n) is 12.2. The van der Waals surface area contributed by atoms with Crippen LogP contribution in [0.1, 0.15) is 30.7 Å². The number of carbonyl (C=O) groups excluding carboxylic acids is 2. The number of carbonyl (C=O) groups is 2. The quantitative estimate of drug-likeness (QED) is 0.779. The number of hydrogen-bond acceptors (Lipinski definition) is 4. The van der Waals surface area contributed by atoms with Gasteiger partial charge in [-0.05, 0) is 13.0 Å². The molecular weight excluding hydrogens is 312 g/mol.